The fraction of sp³-hybridized carbons (Fsp3) is 0.619. The van der Waals surface area contributed by atoms with Crippen molar-refractivity contribution in [2.24, 2.45) is 10.9 Å². The third kappa shape index (κ3) is 9.22. The molecule has 0 radical (unpaired) electrons. The summed E-state index contributed by atoms with van der Waals surface area (Å²) in [5.41, 5.74) is 1.67. The average Bonchev–Trinajstić information content (AvgIpc) is 3.17. The Labute approximate surface area is 199 Å². The number of rotatable bonds is 8. The number of carbonyl (C=O) groups excluding carboxylic acids is 1. The number of nitrogens with one attached hydrogen (secondary N) is 2. The number of alkyl halides is 3. The van der Waals surface area contributed by atoms with Gasteiger partial charge in [0.2, 0.25) is 0 Å². The van der Waals surface area contributed by atoms with Gasteiger partial charge >= 0.3 is 6.18 Å². The molecule has 1 aliphatic heterocycles. The lowest BCUT2D eigenvalue weighted by atomic mass is 10.1. The van der Waals surface area contributed by atoms with Gasteiger partial charge in [0.05, 0.1) is 6.54 Å². The summed E-state index contributed by atoms with van der Waals surface area (Å²) < 4.78 is 38.1. The monoisotopic (exact) mass is 555 g/mol. The van der Waals surface area contributed by atoms with E-state index in [4.69, 9.17) is 0 Å². The van der Waals surface area contributed by atoms with Gasteiger partial charge < -0.3 is 15.5 Å². The van der Waals surface area contributed by atoms with Gasteiger partial charge in [0, 0.05) is 45.8 Å². The standard InChI is InChI=1S/C21H32F3N5O.HI/c1-4-28(15-21(22,23)24)13-17-9-11-29(14-17)20(26-3)27-10-8-16-6-5-7-18(12-16)19(30)25-2;/h5-7,12,17H,4,8-11,13-15H2,1-3H3,(H,25,30)(H,26,27);1H. The molecule has 1 fully saturated rings. The Morgan fingerprint density at radius 1 is 1.35 bits per heavy atom. The molecule has 31 heavy (non-hydrogen) atoms. The van der Waals surface area contributed by atoms with Crippen molar-refractivity contribution in [3.05, 3.63) is 35.4 Å². The van der Waals surface area contributed by atoms with E-state index < -0.39 is 12.7 Å². The minimum atomic E-state index is -4.17. The molecule has 1 saturated heterocycles. The predicted octanol–water partition coefficient (Wildman–Crippen LogP) is 2.99. The Morgan fingerprint density at radius 2 is 2.10 bits per heavy atom. The second kappa shape index (κ2) is 13.1. The molecule has 10 heteroatoms. The fourth-order valence-electron chi connectivity index (χ4n) is 3.76. The van der Waals surface area contributed by atoms with Crippen LogP contribution < -0.4 is 10.6 Å². The third-order valence-corrected chi connectivity index (χ3v) is 5.28. The summed E-state index contributed by atoms with van der Waals surface area (Å²) >= 11 is 0. The molecular weight excluding hydrogens is 522 g/mol. The van der Waals surface area contributed by atoms with E-state index in [2.05, 4.69) is 20.5 Å². The molecule has 1 heterocycles. The zero-order valence-electron chi connectivity index (χ0n) is 18.3. The molecule has 0 saturated carbocycles. The molecule has 1 unspecified atom stereocenters. The lowest BCUT2D eigenvalue weighted by molar-refractivity contribution is -0.146. The second-order valence-electron chi connectivity index (χ2n) is 7.55. The van der Waals surface area contributed by atoms with E-state index in [0.29, 0.717) is 31.7 Å². The summed E-state index contributed by atoms with van der Waals surface area (Å²) in [4.78, 5) is 19.6. The molecule has 1 atom stereocenters. The van der Waals surface area contributed by atoms with Crippen molar-refractivity contribution in [1.29, 1.82) is 0 Å². The molecular formula is C21H33F3IN5O. The van der Waals surface area contributed by atoms with Crippen LogP contribution in [0.15, 0.2) is 29.3 Å². The van der Waals surface area contributed by atoms with E-state index >= 15 is 0 Å². The van der Waals surface area contributed by atoms with Gasteiger partial charge in [-0.05, 0) is 43.0 Å². The minimum Gasteiger partial charge on any atom is -0.356 e. The summed E-state index contributed by atoms with van der Waals surface area (Å²) in [6.45, 7) is 3.86. The first kappa shape index (κ1) is 27.5. The summed E-state index contributed by atoms with van der Waals surface area (Å²) in [6, 6.07) is 7.48. The van der Waals surface area contributed by atoms with Gasteiger partial charge in [-0.15, -0.1) is 24.0 Å². The van der Waals surface area contributed by atoms with E-state index in [-0.39, 0.29) is 35.8 Å². The van der Waals surface area contributed by atoms with Crippen LogP contribution in [-0.4, -0.2) is 81.2 Å². The molecule has 0 aliphatic carbocycles. The molecule has 1 aromatic carbocycles. The zero-order valence-corrected chi connectivity index (χ0v) is 20.7. The minimum absolute atomic E-state index is 0. The van der Waals surface area contributed by atoms with Crippen molar-refractivity contribution in [1.82, 2.24) is 20.4 Å². The van der Waals surface area contributed by atoms with Crippen LogP contribution in [-0.2, 0) is 6.42 Å². The molecule has 176 valence electrons. The van der Waals surface area contributed by atoms with Crippen molar-refractivity contribution >= 4 is 35.8 Å². The summed E-state index contributed by atoms with van der Waals surface area (Å²) in [6.07, 6.45) is -2.58. The number of likely N-dealkylation sites (tertiary alicyclic amines) is 1. The summed E-state index contributed by atoms with van der Waals surface area (Å²) in [7, 11) is 3.32. The summed E-state index contributed by atoms with van der Waals surface area (Å²) in [5, 5.41) is 5.95. The Morgan fingerprint density at radius 3 is 2.71 bits per heavy atom. The molecule has 0 aromatic heterocycles. The van der Waals surface area contributed by atoms with E-state index in [0.717, 1.165) is 30.9 Å². The molecule has 0 bridgehead atoms. The first-order chi connectivity index (χ1) is 14.3. The van der Waals surface area contributed by atoms with Crippen LogP contribution in [0.1, 0.15) is 29.3 Å². The highest BCUT2D eigenvalue weighted by Gasteiger charge is 2.32. The number of guanidine groups is 1. The number of hydrogen-bond donors (Lipinski definition) is 2. The first-order valence-corrected chi connectivity index (χ1v) is 10.3. The zero-order chi connectivity index (χ0) is 22.1. The number of nitrogens with zero attached hydrogens (tertiary/aromatic N) is 3. The Kier molecular flexibility index (Phi) is 11.6. The van der Waals surface area contributed by atoms with Crippen LogP contribution in [0.2, 0.25) is 0 Å². The van der Waals surface area contributed by atoms with Crippen molar-refractivity contribution in [3.63, 3.8) is 0 Å². The quantitative estimate of drug-likeness (QED) is 0.294. The van der Waals surface area contributed by atoms with Crippen LogP contribution in [0.25, 0.3) is 0 Å². The SMILES string of the molecule is CCN(CC1CCN(C(=NC)NCCc2cccc(C(=O)NC)c2)C1)CC(F)(F)F.I. The highest BCUT2D eigenvalue weighted by Crippen LogP contribution is 2.21. The van der Waals surface area contributed by atoms with Gasteiger partial charge in [-0.2, -0.15) is 13.2 Å². The number of carbonyl (C=O) groups is 1. The van der Waals surface area contributed by atoms with Crippen molar-refractivity contribution in [2.75, 3.05) is 53.4 Å². The number of halogens is 4. The maximum atomic E-state index is 12.7. The Hall–Kier alpha value is -1.56. The second-order valence-corrected chi connectivity index (χ2v) is 7.55. The molecule has 6 nitrogen and oxygen atoms in total. The summed E-state index contributed by atoms with van der Waals surface area (Å²) in [5.74, 6) is 0.837. The number of benzene rings is 1. The van der Waals surface area contributed by atoms with Gasteiger partial charge in [-0.1, -0.05) is 19.1 Å². The highest BCUT2D eigenvalue weighted by atomic mass is 127. The van der Waals surface area contributed by atoms with Gasteiger partial charge in [-0.25, -0.2) is 0 Å². The van der Waals surface area contributed by atoms with Crippen LogP contribution in [0.5, 0.6) is 0 Å². The van der Waals surface area contributed by atoms with Crippen LogP contribution >= 0.6 is 24.0 Å². The highest BCUT2D eigenvalue weighted by molar-refractivity contribution is 14.0. The van der Waals surface area contributed by atoms with Crippen molar-refractivity contribution < 1.29 is 18.0 Å². The van der Waals surface area contributed by atoms with E-state index in [1.807, 2.05) is 18.2 Å². The number of amides is 1. The fourth-order valence-corrected chi connectivity index (χ4v) is 3.76. The van der Waals surface area contributed by atoms with E-state index in [1.54, 1.807) is 27.1 Å². The number of aliphatic imine (C=N–C) groups is 1. The first-order valence-electron chi connectivity index (χ1n) is 10.3. The number of hydrogen-bond acceptors (Lipinski definition) is 3. The smallest absolute Gasteiger partial charge is 0.356 e. The van der Waals surface area contributed by atoms with E-state index in [1.165, 1.54) is 4.90 Å². The molecule has 1 amide bonds. The third-order valence-electron chi connectivity index (χ3n) is 5.28. The normalized spacial score (nSPS) is 16.9. The van der Waals surface area contributed by atoms with Gasteiger partial charge in [0.1, 0.15) is 0 Å². The van der Waals surface area contributed by atoms with Crippen LogP contribution in [0.3, 0.4) is 0 Å². The molecule has 0 spiro atoms. The van der Waals surface area contributed by atoms with Crippen molar-refractivity contribution in [3.8, 4) is 0 Å². The van der Waals surface area contributed by atoms with Crippen LogP contribution in [0, 0.1) is 5.92 Å². The Bertz CT molecular complexity index is 729. The van der Waals surface area contributed by atoms with E-state index in [9.17, 15) is 18.0 Å². The Balaban J connectivity index is 0.00000480. The van der Waals surface area contributed by atoms with Gasteiger partial charge in [0.25, 0.3) is 5.91 Å². The average molecular weight is 555 g/mol. The topological polar surface area (TPSA) is 60.0 Å². The predicted molar refractivity (Wildman–Crippen MR) is 128 cm³/mol. The molecule has 1 aromatic rings. The van der Waals surface area contributed by atoms with Gasteiger partial charge in [0.15, 0.2) is 5.96 Å². The molecule has 2 rings (SSSR count). The van der Waals surface area contributed by atoms with Gasteiger partial charge in [-0.3, -0.25) is 14.7 Å². The molecule has 2 N–H and O–H groups in total. The maximum Gasteiger partial charge on any atom is 0.401 e. The largest absolute Gasteiger partial charge is 0.401 e. The lowest BCUT2D eigenvalue weighted by Crippen LogP contribution is -2.42. The van der Waals surface area contributed by atoms with Crippen LogP contribution in [0.4, 0.5) is 13.2 Å². The lowest BCUT2D eigenvalue weighted by Gasteiger charge is -2.26. The molecule has 1 aliphatic rings. The maximum absolute atomic E-state index is 12.7. The van der Waals surface area contributed by atoms with Crippen molar-refractivity contribution in [2.45, 2.75) is 25.9 Å².